The van der Waals surface area contributed by atoms with Crippen molar-refractivity contribution in [2.45, 2.75) is 12.2 Å². The smallest absolute Gasteiger partial charge is 0.255 e. The van der Waals surface area contributed by atoms with Crippen LogP contribution >= 0.6 is 0 Å². The summed E-state index contributed by atoms with van der Waals surface area (Å²) in [6.07, 6.45) is 1.58. The molecule has 0 aliphatic heterocycles. The number of hydrogen-bond acceptors (Lipinski definition) is 4. The molecule has 0 radical (unpaired) electrons. The van der Waals surface area contributed by atoms with Crippen LogP contribution in [0.1, 0.15) is 17.3 Å². The minimum Gasteiger partial charge on any atom is -0.507 e. The number of ether oxygens (including phenoxy) is 1. The largest absolute Gasteiger partial charge is 0.507 e. The number of amides is 1. The molecule has 0 saturated carbocycles. The standard InChI is InChI=1S/C12H17NO4S/c1-8(18(3)16)7-13-12(15)10-5-4-9(17-2)6-11(10)14/h4-6,8,14H,7H2,1-3H3,(H,13,15). The van der Waals surface area contributed by atoms with Crippen molar-refractivity contribution in [3.05, 3.63) is 23.8 Å². The normalized spacial score (nSPS) is 13.7. The summed E-state index contributed by atoms with van der Waals surface area (Å²) in [4.78, 5) is 11.8. The number of nitrogens with one attached hydrogen (secondary N) is 1. The average Bonchev–Trinajstić information content (AvgIpc) is 2.34. The summed E-state index contributed by atoms with van der Waals surface area (Å²) < 4.78 is 16.1. The van der Waals surface area contributed by atoms with Gasteiger partial charge in [0.15, 0.2) is 0 Å². The van der Waals surface area contributed by atoms with Crippen LogP contribution in [-0.4, -0.2) is 40.4 Å². The third-order valence-corrected chi connectivity index (χ3v) is 3.87. The highest BCUT2D eigenvalue weighted by molar-refractivity contribution is 7.84. The minimum atomic E-state index is -0.991. The highest BCUT2D eigenvalue weighted by Crippen LogP contribution is 2.23. The Balaban J connectivity index is 2.70. The van der Waals surface area contributed by atoms with E-state index in [-0.39, 0.29) is 16.6 Å². The minimum absolute atomic E-state index is 0.130. The Morgan fingerprint density at radius 3 is 2.72 bits per heavy atom. The lowest BCUT2D eigenvalue weighted by Gasteiger charge is -2.11. The highest BCUT2D eigenvalue weighted by Gasteiger charge is 2.13. The monoisotopic (exact) mass is 271 g/mol. The van der Waals surface area contributed by atoms with E-state index in [1.54, 1.807) is 19.2 Å². The first-order valence-corrected chi connectivity index (χ1v) is 7.05. The Hall–Kier alpha value is -1.56. The fourth-order valence-corrected chi connectivity index (χ4v) is 1.60. The van der Waals surface area contributed by atoms with Crippen molar-refractivity contribution in [3.63, 3.8) is 0 Å². The van der Waals surface area contributed by atoms with Crippen molar-refractivity contribution >= 4 is 16.7 Å². The van der Waals surface area contributed by atoms with Gasteiger partial charge in [-0.25, -0.2) is 0 Å². The summed E-state index contributed by atoms with van der Waals surface area (Å²) in [6, 6.07) is 4.45. The van der Waals surface area contributed by atoms with E-state index in [2.05, 4.69) is 5.32 Å². The van der Waals surface area contributed by atoms with Crippen molar-refractivity contribution in [1.29, 1.82) is 0 Å². The van der Waals surface area contributed by atoms with Crippen molar-refractivity contribution < 1.29 is 18.8 Å². The molecule has 5 nitrogen and oxygen atoms in total. The Kier molecular flexibility index (Phi) is 5.15. The van der Waals surface area contributed by atoms with E-state index in [4.69, 9.17) is 4.74 Å². The van der Waals surface area contributed by atoms with Crippen LogP contribution in [0.2, 0.25) is 0 Å². The van der Waals surface area contributed by atoms with Gasteiger partial charge in [0, 0.05) is 34.9 Å². The molecule has 1 amide bonds. The van der Waals surface area contributed by atoms with Crippen LogP contribution in [0.4, 0.5) is 0 Å². The number of phenols is 1. The zero-order valence-corrected chi connectivity index (χ0v) is 11.4. The van der Waals surface area contributed by atoms with Crippen molar-refractivity contribution in [1.82, 2.24) is 5.32 Å². The van der Waals surface area contributed by atoms with Gasteiger partial charge in [-0.2, -0.15) is 0 Å². The second kappa shape index (κ2) is 6.39. The van der Waals surface area contributed by atoms with E-state index >= 15 is 0 Å². The van der Waals surface area contributed by atoms with E-state index in [1.807, 2.05) is 0 Å². The van der Waals surface area contributed by atoms with E-state index in [0.29, 0.717) is 12.3 Å². The van der Waals surface area contributed by atoms with Crippen molar-refractivity contribution in [3.8, 4) is 11.5 Å². The number of rotatable bonds is 5. The van der Waals surface area contributed by atoms with Gasteiger partial charge in [0.2, 0.25) is 0 Å². The van der Waals surface area contributed by atoms with E-state index in [9.17, 15) is 14.1 Å². The van der Waals surface area contributed by atoms with Gasteiger partial charge >= 0.3 is 0 Å². The number of hydrogen-bond donors (Lipinski definition) is 2. The molecule has 2 N–H and O–H groups in total. The Morgan fingerprint density at radius 1 is 1.56 bits per heavy atom. The molecule has 0 saturated heterocycles. The molecule has 1 aromatic rings. The van der Waals surface area contributed by atoms with Gasteiger partial charge in [0.05, 0.1) is 12.7 Å². The number of methoxy groups -OCH3 is 1. The van der Waals surface area contributed by atoms with Gasteiger partial charge in [-0.1, -0.05) is 0 Å². The maximum atomic E-state index is 11.8. The second-order valence-corrected chi connectivity index (χ2v) is 5.70. The molecule has 2 atom stereocenters. The van der Waals surface area contributed by atoms with E-state index in [1.165, 1.54) is 19.2 Å². The summed E-state index contributed by atoms with van der Waals surface area (Å²) in [6.45, 7) is 2.08. The summed E-state index contributed by atoms with van der Waals surface area (Å²) >= 11 is 0. The summed E-state index contributed by atoms with van der Waals surface area (Å²) in [5, 5.41) is 12.2. The maximum absolute atomic E-state index is 11.8. The van der Waals surface area contributed by atoms with E-state index in [0.717, 1.165) is 0 Å². The molecule has 0 bridgehead atoms. The van der Waals surface area contributed by atoms with Gasteiger partial charge < -0.3 is 15.2 Å². The van der Waals surface area contributed by atoms with Gasteiger partial charge in [-0.15, -0.1) is 0 Å². The first kappa shape index (κ1) is 14.5. The first-order chi connectivity index (χ1) is 8.45. The van der Waals surface area contributed by atoms with Crippen LogP contribution in [0.5, 0.6) is 11.5 Å². The number of benzene rings is 1. The Labute approximate surface area is 109 Å². The molecule has 1 aromatic carbocycles. The van der Waals surface area contributed by atoms with E-state index < -0.39 is 16.7 Å². The van der Waals surface area contributed by atoms with Gasteiger partial charge in [-0.05, 0) is 19.1 Å². The van der Waals surface area contributed by atoms with Crippen LogP contribution in [-0.2, 0) is 10.8 Å². The molecule has 18 heavy (non-hydrogen) atoms. The molecule has 0 fully saturated rings. The SMILES string of the molecule is COc1ccc(C(=O)NCC(C)S(C)=O)c(O)c1. The number of carbonyl (C=O) groups is 1. The molecule has 6 heteroatoms. The fourth-order valence-electron chi connectivity index (χ4n) is 1.28. The summed E-state index contributed by atoms with van der Waals surface area (Å²) in [7, 11) is 0.488. The lowest BCUT2D eigenvalue weighted by molar-refractivity contribution is 0.0951. The second-order valence-electron chi connectivity index (χ2n) is 3.90. The van der Waals surface area contributed by atoms with Gasteiger partial charge in [0.25, 0.3) is 5.91 Å². The van der Waals surface area contributed by atoms with Gasteiger partial charge in [0.1, 0.15) is 11.5 Å². The number of phenolic OH excluding ortho intramolecular Hbond substituents is 1. The highest BCUT2D eigenvalue weighted by atomic mass is 32.2. The first-order valence-electron chi connectivity index (χ1n) is 5.43. The fraction of sp³-hybridized carbons (Fsp3) is 0.417. The molecule has 1 rings (SSSR count). The molecule has 0 aliphatic rings. The van der Waals surface area contributed by atoms with Crippen LogP contribution in [0.25, 0.3) is 0 Å². The van der Waals surface area contributed by atoms with Crippen LogP contribution < -0.4 is 10.1 Å². The summed E-state index contributed by atoms with van der Waals surface area (Å²) in [5.41, 5.74) is 0.171. The topological polar surface area (TPSA) is 75.6 Å². The Bertz CT molecular complexity index is 461. The molecule has 0 aromatic heterocycles. The van der Waals surface area contributed by atoms with Crippen molar-refractivity contribution in [2.75, 3.05) is 19.9 Å². The maximum Gasteiger partial charge on any atom is 0.255 e. The molecule has 0 spiro atoms. The molecule has 0 aliphatic carbocycles. The lowest BCUT2D eigenvalue weighted by Crippen LogP contribution is -2.32. The molecule has 2 unspecified atom stereocenters. The lowest BCUT2D eigenvalue weighted by atomic mass is 10.2. The van der Waals surface area contributed by atoms with Gasteiger partial charge in [-0.3, -0.25) is 9.00 Å². The molecular formula is C12H17NO4S. The Morgan fingerprint density at radius 2 is 2.22 bits per heavy atom. The number of aromatic hydroxyl groups is 1. The third-order valence-electron chi connectivity index (χ3n) is 2.57. The molecular weight excluding hydrogens is 254 g/mol. The predicted molar refractivity (Wildman–Crippen MR) is 70.5 cm³/mol. The summed E-state index contributed by atoms with van der Waals surface area (Å²) in [5.74, 6) is -0.0587. The van der Waals surface area contributed by atoms with Crippen molar-refractivity contribution in [2.24, 2.45) is 0 Å². The zero-order chi connectivity index (χ0) is 13.7. The third kappa shape index (κ3) is 3.73. The zero-order valence-electron chi connectivity index (χ0n) is 10.6. The quantitative estimate of drug-likeness (QED) is 0.834. The predicted octanol–water partition coefficient (Wildman–Crippen LogP) is 0.898. The van der Waals surface area contributed by atoms with Crippen LogP contribution in [0.15, 0.2) is 18.2 Å². The number of carbonyl (C=O) groups excluding carboxylic acids is 1. The molecule has 0 heterocycles. The van der Waals surface area contributed by atoms with Crippen LogP contribution in [0, 0.1) is 0 Å². The molecule has 100 valence electrons. The average molecular weight is 271 g/mol. The van der Waals surface area contributed by atoms with Crippen LogP contribution in [0.3, 0.4) is 0 Å².